The second-order valence-corrected chi connectivity index (χ2v) is 5.69. The van der Waals surface area contributed by atoms with Crippen molar-refractivity contribution < 1.29 is 9.32 Å². The van der Waals surface area contributed by atoms with E-state index in [1.54, 1.807) is 18.1 Å². The maximum atomic E-state index is 12.4. The van der Waals surface area contributed by atoms with Crippen molar-refractivity contribution >= 4 is 11.8 Å². The molecule has 8 nitrogen and oxygen atoms in total. The molecule has 0 aliphatic carbocycles. The van der Waals surface area contributed by atoms with Crippen molar-refractivity contribution in [2.24, 2.45) is 0 Å². The highest BCUT2D eigenvalue weighted by Crippen LogP contribution is 2.16. The van der Waals surface area contributed by atoms with Crippen LogP contribution in [0.2, 0.25) is 0 Å². The third-order valence-corrected chi connectivity index (χ3v) is 3.73. The van der Waals surface area contributed by atoms with Gasteiger partial charge in [-0.25, -0.2) is 14.8 Å². The molecule has 24 heavy (non-hydrogen) atoms. The number of carbonyl (C=O) groups excluding carboxylic acids is 1. The molecule has 3 aromatic heterocycles. The van der Waals surface area contributed by atoms with E-state index in [-0.39, 0.29) is 12.1 Å². The molecule has 1 atom stereocenters. The number of rotatable bonds is 5. The SMILES string of the molecule is CC[C@@H](NC(=O)N(C)Cc1cc(C)no1)c1cn2cccnc2n1. The van der Waals surface area contributed by atoms with Gasteiger partial charge in [-0.2, -0.15) is 0 Å². The molecule has 0 bridgehead atoms. The van der Waals surface area contributed by atoms with E-state index < -0.39 is 0 Å². The number of amides is 2. The van der Waals surface area contributed by atoms with Gasteiger partial charge in [0.15, 0.2) is 5.76 Å². The van der Waals surface area contributed by atoms with Crippen LogP contribution in [-0.4, -0.2) is 37.5 Å². The van der Waals surface area contributed by atoms with Gasteiger partial charge in [-0.05, 0) is 19.4 Å². The third-order valence-electron chi connectivity index (χ3n) is 3.73. The number of nitrogens with one attached hydrogen (secondary N) is 1. The topological polar surface area (TPSA) is 88.6 Å². The molecule has 2 amide bonds. The Kier molecular flexibility index (Phi) is 4.45. The van der Waals surface area contributed by atoms with Gasteiger partial charge in [0.1, 0.15) is 0 Å². The maximum Gasteiger partial charge on any atom is 0.318 e. The zero-order valence-electron chi connectivity index (χ0n) is 13.9. The number of hydrogen-bond donors (Lipinski definition) is 1. The van der Waals surface area contributed by atoms with E-state index in [2.05, 4.69) is 20.4 Å². The van der Waals surface area contributed by atoms with E-state index in [4.69, 9.17) is 4.52 Å². The van der Waals surface area contributed by atoms with Crippen LogP contribution in [0, 0.1) is 6.92 Å². The first kappa shape index (κ1) is 16.0. The van der Waals surface area contributed by atoms with E-state index in [1.807, 2.05) is 42.8 Å². The molecule has 0 aliphatic heterocycles. The minimum absolute atomic E-state index is 0.182. The van der Waals surface area contributed by atoms with Crippen LogP contribution in [0.5, 0.6) is 0 Å². The van der Waals surface area contributed by atoms with Gasteiger partial charge >= 0.3 is 6.03 Å². The number of fused-ring (bicyclic) bond motifs is 1. The molecule has 126 valence electrons. The number of nitrogens with zero attached hydrogens (tertiary/aromatic N) is 5. The lowest BCUT2D eigenvalue weighted by Gasteiger charge is -2.21. The van der Waals surface area contributed by atoms with Gasteiger partial charge in [0.25, 0.3) is 0 Å². The first-order chi connectivity index (χ1) is 11.6. The van der Waals surface area contributed by atoms with Gasteiger partial charge in [-0.15, -0.1) is 0 Å². The summed E-state index contributed by atoms with van der Waals surface area (Å²) >= 11 is 0. The summed E-state index contributed by atoms with van der Waals surface area (Å²) in [6.07, 6.45) is 6.19. The Hall–Kier alpha value is -2.90. The average molecular weight is 328 g/mol. The molecule has 8 heteroatoms. The van der Waals surface area contributed by atoms with Crippen molar-refractivity contribution in [3.63, 3.8) is 0 Å². The van der Waals surface area contributed by atoms with Crippen molar-refractivity contribution in [2.75, 3.05) is 7.05 Å². The van der Waals surface area contributed by atoms with Crippen molar-refractivity contribution in [3.05, 3.63) is 47.9 Å². The van der Waals surface area contributed by atoms with Gasteiger partial charge in [0.2, 0.25) is 5.78 Å². The molecular formula is C16H20N6O2. The smallest absolute Gasteiger partial charge is 0.318 e. The molecule has 0 spiro atoms. The van der Waals surface area contributed by atoms with E-state index in [0.29, 0.717) is 18.1 Å². The first-order valence-corrected chi connectivity index (χ1v) is 7.80. The molecule has 0 unspecified atom stereocenters. The lowest BCUT2D eigenvalue weighted by atomic mass is 10.2. The molecule has 3 aromatic rings. The fraction of sp³-hybridized carbons (Fsp3) is 0.375. The van der Waals surface area contributed by atoms with Gasteiger partial charge in [-0.3, -0.25) is 4.40 Å². The third kappa shape index (κ3) is 3.37. The Morgan fingerprint density at radius 2 is 2.33 bits per heavy atom. The fourth-order valence-corrected chi connectivity index (χ4v) is 2.46. The van der Waals surface area contributed by atoms with Gasteiger partial charge < -0.3 is 14.7 Å². The molecule has 1 N–H and O–H groups in total. The standard InChI is InChI=1S/C16H20N6O2/c1-4-13(14-10-22-7-5-6-17-15(22)18-14)19-16(23)21(3)9-12-8-11(2)20-24-12/h5-8,10,13H,4,9H2,1-3H3,(H,19,23)/t13-/m1/s1. The highest BCUT2D eigenvalue weighted by atomic mass is 16.5. The first-order valence-electron chi connectivity index (χ1n) is 7.80. The van der Waals surface area contributed by atoms with E-state index in [1.165, 1.54) is 0 Å². The quantitative estimate of drug-likeness (QED) is 0.776. The van der Waals surface area contributed by atoms with Crippen molar-refractivity contribution in [1.82, 2.24) is 29.7 Å². The molecule has 3 heterocycles. The Morgan fingerprint density at radius 1 is 1.50 bits per heavy atom. The summed E-state index contributed by atoms with van der Waals surface area (Å²) in [6, 6.07) is 3.28. The monoisotopic (exact) mass is 328 g/mol. The van der Waals surface area contributed by atoms with E-state index >= 15 is 0 Å². The Bertz CT molecular complexity index is 807. The summed E-state index contributed by atoms with van der Waals surface area (Å²) in [5.41, 5.74) is 1.58. The van der Waals surface area contributed by atoms with Crippen molar-refractivity contribution in [1.29, 1.82) is 0 Å². The molecule has 0 fully saturated rings. The number of carbonyl (C=O) groups is 1. The summed E-state index contributed by atoms with van der Waals surface area (Å²) in [4.78, 5) is 22.6. The van der Waals surface area contributed by atoms with E-state index in [0.717, 1.165) is 17.8 Å². The van der Waals surface area contributed by atoms with Crippen LogP contribution in [-0.2, 0) is 6.54 Å². The molecule has 0 saturated carbocycles. The molecule has 3 rings (SSSR count). The Labute approximate surface area is 139 Å². The summed E-state index contributed by atoms with van der Waals surface area (Å²) in [5, 5.41) is 6.82. The number of aromatic nitrogens is 4. The lowest BCUT2D eigenvalue weighted by Crippen LogP contribution is -2.38. The molecule has 0 saturated heterocycles. The van der Waals surface area contributed by atoms with Gasteiger partial charge in [-0.1, -0.05) is 12.1 Å². The predicted molar refractivity (Wildman–Crippen MR) is 87.3 cm³/mol. The average Bonchev–Trinajstić information content (AvgIpc) is 3.18. The molecule has 0 aliphatic rings. The van der Waals surface area contributed by atoms with Crippen LogP contribution in [0.3, 0.4) is 0 Å². The fourth-order valence-electron chi connectivity index (χ4n) is 2.46. The van der Waals surface area contributed by atoms with Gasteiger partial charge in [0, 0.05) is 31.7 Å². The Morgan fingerprint density at radius 3 is 3.00 bits per heavy atom. The number of imidazole rings is 1. The Balaban J connectivity index is 1.68. The van der Waals surface area contributed by atoms with Crippen molar-refractivity contribution in [2.45, 2.75) is 32.9 Å². The summed E-state index contributed by atoms with van der Waals surface area (Å²) in [7, 11) is 1.71. The number of aryl methyl sites for hydroxylation is 1. The zero-order chi connectivity index (χ0) is 17.1. The second-order valence-electron chi connectivity index (χ2n) is 5.69. The molecule has 0 radical (unpaired) electrons. The van der Waals surface area contributed by atoms with Gasteiger partial charge in [0.05, 0.1) is 24.0 Å². The number of hydrogen-bond acceptors (Lipinski definition) is 5. The van der Waals surface area contributed by atoms with Crippen LogP contribution in [0.4, 0.5) is 4.79 Å². The summed E-state index contributed by atoms with van der Waals surface area (Å²) in [6.45, 7) is 4.20. The van der Waals surface area contributed by atoms with Crippen LogP contribution < -0.4 is 5.32 Å². The number of urea groups is 1. The van der Waals surface area contributed by atoms with E-state index in [9.17, 15) is 4.79 Å². The lowest BCUT2D eigenvalue weighted by molar-refractivity contribution is 0.196. The second kappa shape index (κ2) is 6.69. The minimum atomic E-state index is -0.194. The van der Waals surface area contributed by atoms with Crippen LogP contribution in [0.1, 0.15) is 36.5 Å². The zero-order valence-corrected chi connectivity index (χ0v) is 13.9. The van der Waals surface area contributed by atoms with Crippen LogP contribution in [0.25, 0.3) is 5.78 Å². The highest BCUT2D eigenvalue weighted by Gasteiger charge is 2.19. The predicted octanol–water partition coefficient (Wildman–Crippen LogP) is 2.32. The van der Waals surface area contributed by atoms with Crippen LogP contribution >= 0.6 is 0 Å². The maximum absolute atomic E-state index is 12.4. The largest absolute Gasteiger partial charge is 0.359 e. The minimum Gasteiger partial charge on any atom is -0.359 e. The molecule has 0 aromatic carbocycles. The normalized spacial score (nSPS) is 12.3. The summed E-state index contributed by atoms with van der Waals surface area (Å²) < 4.78 is 6.98. The van der Waals surface area contributed by atoms with Crippen LogP contribution in [0.15, 0.2) is 35.2 Å². The molecular weight excluding hydrogens is 308 g/mol. The highest BCUT2D eigenvalue weighted by molar-refractivity contribution is 5.74. The van der Waals surface area contributed by atoms with Crippen molar-refractivity contribution in [3.8, 4) is 0 Å². The summed E-state index contributed by atoms with van der Waals surface area (Å²) in [5.74, 6) is 1.26.